The number of carboxylic acid groups (broad SMARTS) is 1. The fourth-order valence-corrected chi connectivity index (χ4v) is 2.68. The molecule has 0 aromatic heterocycles. The van der Waals surface area contributed by atoms with Gasteiger partial charge in [-0.25, -0.2) is 4.39 Å². The Morgan fingerprint density at radius 1 is 1.26 bits per heavy atom. The number of carboxylic acids is 1. The lowest BCUT2D eigenvalue weighted by Gasteiger charge is -2.22. The Morgan fingerprint density at radius 3 is 2.53 bits per heavy atom. The normalized spacial score (nSPS) is 18.8. The van der Waals surface area contributed by atoms with Crippen LogP contribution in [-0.2, 0) is 4.79 Å². The molecule has 19 heavy (non-hydrogen) atoms. The van der Waals surface area contributed by atoms with Crippen LogP contribution in [0, 0.1) is 5.82 Å². The topological polar surface area (TPSA) is 49.3 Å². The van der Waals surface area contributed by atoms with Crippen molar-refractivity contribution in [1.82, 2.24) is 5.32 Å². The Kier molecular flexibility index (Phi) is 4.91. The van der Waals surface area contributed by atoms with Gasteiger partial charge in [0.25, 0.3) is 0 Å². The van der Waals surface area contributed by atoms with Crippen LogP contribution in [0.25, 0.3) is 0 Å². The highest BCUT2D eigenvalue weighted by molar-refractivity contribution is 5.75. The molecule has 0 aliphatic heterocycles. The average molecular weight is 265 g/mol. The van der Waals surface area contributed by atoms with Gasteiger partial charge in [-0.2, -0.15) is 0 Å². The van der Waals surface area contributed by atoms with Gasteiger partial charge in [-0.3, -0.25) is 10.1 Å². The van der Waals surface area contributed by atoms with Gasteiger partial charge >= 0.3 is 5.97 Å². The van der Waals surface area contributed by atoms with Crippen molar-refractivity contribution in [2.24, 2.45) is 0 Å². The average Bonchev–Trinajstić information content (AvgIpc) is 2.64. The van der Waals surface area contributed by atoms with Gasteiger partial charge in [0.05, 0.1) is 0 Å². The summed E-state index contributed by atoms with van der Waals surface area (Å²) in [5.74, 6) is -1.35. The molecule has 2 N–H and O–H groups in total. The highest BCUT2D eigenvalue weighted by Crippen LogP contribution is 2.22. The van der Waals surface area contributed by atoms with Crippen LogP contribution in [0.3, 0.4) is 0 Å². The van der Waals surface area contributed by atoms with Gasteiger partial charge in [0.2, 0.25) is 0 Å². The van der Waals surface area contributed by atoms with E-state index in [-0.39, 0.29) is 6.04 Å². The highest BCUT2D eigenvalue weighted by Gasteiger charge is 2.24. The molecule has 1 saturated carbocycles. The zero-order valence-electron chi connectivity index (χ0n) is 10.9. The van der Waals surface area contributed by atoms with E-state index in [1.807, 2.05) is 0 Å². The number of nitrogens with one attached hydrogen (secondary N) is 1. The minimum atomic E-state index is -0.949. The molecule has 0 heterocycles. The Balaban J connectivity index is 2.09. The fraction of sp³-hybridized carbons (Fsp3) is 0.533. The summed E-state index contributed by atoms with van der Waals surface area (Å²) in [5, 5.41) is 12.5. The lowest BCUT2D eigenvalue weighted by molar-refractivity contribution is -0.140. The summed E-state index contributed by atoms with van der Waals surface area (Å²) in [4.78, 5) is 11.4. The second kappa shape index (κ2) is 6.66. The number of halogens is 1. The summed E-state index contributed by atoms with van der Waals surface area (Å²) in [5.41, 5.74) is 0.483. The fourth-order valence-electron chi connectivity index (χ4n) is 2.68. The van der Waals surface area contributed by atoms with Gasteiger partial charge in [0.15, 0.2) is 0 Å². The molecule has 1 unspecified atom stereocenters. The van der Waals surface area contributed by atoms with E-state index in [4.69, 9.17) is 0 Å². The minimum Gasteiger partial charge on any atom is -0.480 e. The second-order valence-corrected chi connectivity index (χ2v) is 5.18. The smallest absolute Gasteiger partial charge is 0.325 e. The van der Waals surface area contributed by atoms with E-state index in [0.717, 1.165) is 25.7 Å². The Hall–Kier alpha value is -1.42. The molecule has 104 valence electrons. The lowest BCUT2D eigenvalue weighted by Crippen LogP contribution is -2.36. The first-order chi connectivity index (χ1) is 9.16. The zero-order valence-corrected chi connectivity index (χ0v) is 10.9. The van der Waals surface area contributed by atoms with E-state index in [1.165, 1.54) is 25.0 Å². The predicted molar refractivity (Wildman–Crippen MR) is 71.4 cm³/mol. The number of benzene rings is 1. The Bertz CT molecular complexity index is 428. The molecule has 4 heteroatoms. The van der Waals surface area contributed by atoms with Gasteiger partial charge in [0.1, 0.15) is 11.9 Å². The van der Waals surface area contributed by atoms with E-state index >= 15 is 0 Å². The summed E-state index contributed by atoms with van der Waals surface area (Å²) < 4.78 is 13.2. The van der Waals surface area contributed by atoms with Crippen molar-refractivity contribution in [3.63, 3.8) is 0 Å². The second-order valence-electron chi connectivity index (χ2n) is 5.18. The monoisotopic (exact) mass is 265 g/mol. The van der Waals surface area contributed by atoms with Crippen LogP contribution in [0.1, 0.15) is 50.1 Å². The maximum Gasteiger partial charge on any atom is 0.325 e. The molecule has 0 spiro atoms. The molecule has 1 aliphatic carbocycles. The van der Waals surface area contributed by atoms with Crippen LogP contribution < -0.4 is 5.32 Å². The van der Waals surface area contributed by atoms with Gasteiger partial charge in [-0.15, -0.1) is 0 Å². The maximum atomic E-state index is 13.2. The number of carbonyl (C=O) groups is 1. The van der Waals surface area contributed by atoms with E-state index in [2.05, 4.69) is 5.32 Å². The van der Waals surface area contributed by atoms with E-state index in [1.54, 1.807) is 12.1 Å². The predicted octanol–water partition coefficient (Wildman–Crippen LogP) is 3.26. The summed E-state index contributed by atoms with van der Waals surface area (Å²) in [6.45, 7) is 0. The molecule has 0 radical (unpaired) electrons. The van der Waals surface area contributed by atoms with E-state index < -0.39 is 17.8 Å². The molecule has 2 rings (SSSR count). The largest absolute Gasteiger partial charge is 0.480 e. The van der Waals surface area contributed by atoms with E-state index in [9.17, 15) is 14.3 Å². The third-order valence-electron chi connectivity index (χ3n) is 3.69. The third-order valence-corrected chi connectivity index (χ3v) is 3.69. The molecule has 1 fully saturated rings. The van der Waals surface area contributed by atoms with Crippen molar-refractivity contribution >= 4 is 5.97 Å². The first-order valence-electron chi connectivity index (χ1n) is 6.91. The van der Waals surface area contributed by atoms with E-state index in [0.29, 0.717) is 5.56 Å². The standard InChI is InChI=1S/C15H20FNO2/c16-12-7-5-6-11(10-12)14(15(18)19)17-13-8-3-1-2-4-9-13/h5-7,10,13-14,17H,1-4,8-9H2,(H,18,19). The molecule has 1 aromatic carbocycles. The van der Waals surface area contributed by atoms with Crippen molar-refractivity contribution in [3.8, 4) is 0 Å². The molecule has 0 saturated heterocycles. The Morgan fingerprint density at radius 2 is 1.95 bits per heavy atom. The SMILES string of the molecule is O=C(O)C(NC1CCCCCC1)c1cccc(F)c1. The molecule has 3 nitrogen and oxygen atoms in total. The summed E-state index contributed by atoms with van der Waals surface area (Å²) in [7, 11) is 0. The van der Waals surface area contributed by atoms with Crippen LogP contribution in [0.2, 0.25) is 0 Å². The number of hydrogen-bond acceptors (Lipinski definition) is 2. The van der Waals surface area contributed by atoms with Crippen molar-refractivity contribution in [1.29, 1.82) is 0 Å². The molecule has 1 atom stereocenters. The van der Waals surface area contributed by atoms with Crippen LogP contribution >= 0.6 is 0 Å². The summed E-state index contributed by atoms with van der Waals surface area (Å²) in [6, 6.07) is 5.22. The van der Waals surface area contributed by atoms with Crippen molar-refractivity contribution in [3.05, 3.63) is 35.6 Å². The molecule has 1 aliphatic rings. The zero-order chi connectivity index (χ0) is 13.7. The van der Waals surface area contributed by atoms with Crippen LogP contribution in [0.15, 0.2) is 24.3 Å². The molecular formula is C15H20FNO2. The number of aliphatic carboxylic acids is 1. The van der Waals surface area contributed by atoms with Gasteiger partial charge in [-0.1, -0.05) is 37.8 Å². The first kappa shape index (κ1) is 14.0. The molecular weight excluding hydrogens is 245 g/mol. The lowest BCUT2D eigenvalue weighted by atomic mass is 10.0. The van der Waals surface area contributed by atoms with Crippen molar-refractivity contribution < 1.29 is 14.3 Å². The molecule has 1 aromatic rings. The van der Waals surface area contributed by atoms with Gasteiger partial charge in [0, 0.05) is 6.04 Å². The van der Waals surface area contributed by atoms with Crippen LogP contribution in [0.5, 0.6) is 0 Å². The number of rotatable bonds is 4. The van der Waals surface area contributed by atoms with Gasteiger partial charge in [-0.05, 0) is 30.5 Å². The van der Waals surface area contributed by atoms with Crippen LogP contribution in [-0.4, -0.2) is 17.1 Å². The van der Waals surface area contributed by atoms with Crippen molar-refractivity contribution in [2.45, 2.75) is 50.6 Å². The van der Waals surface area contributed by atoms with Crippen LogP contribution in [0.4, 0.5) is 4.39 Å². The molecule has 0 amide bonds. The third kappa shape index (κ3) is 4.03. The highest BCUT2D eigenvalue weighted by atomic mass is 19.1. The van der Waals surface area contributed by atoms with Gasteiger partial charge < -0.3 is 5.11 Å². The molecule has 0 bridgehead atoms. The quantitative estimate of drug-likeness (QED) is 0.821. The Labute approximate surface area is 112 Å². The summed E-state index contributed by atoms with van der Waals surface area (Å²) in [6.07, 6.45) is 6.70. The summed E-state index contributed by atoms with van der Waals surface area (Å²) >= 11 is 0. The maximum absolute atomic E-state index is 13.2. The number of hydrogen-bond donors (Lipinski definition) is 2. The van der Waals surface area contributed by atoms with Crippen molar-refractivity contribution in [2.75, 3.05) is 0 Å². The first-order valence-corrected chi connectivity index (χ1v) is 6.91. The minimum absolute atomic E-state index is 0.215.